The summed E-state index contributed by atoms with van der Waals surface area (Å²) in [6, 6.07) is 9.56. The highest BCUT2D eigenvalue weighted by Crippen LogP contribution is 2.21. The molecule has 0 heterocycles. The first kappa shape index (κ1) is 14.4. The number of hydrogen-bond donors (Lipinski definition) is 1. The zero-order valence-corrected chi connectivity index (χ0v) is 13.4. The summed E-state index contributed by atoms with van der Waals surface area (Å²) in [5.74, 6) is 2.04. The fraction of sp³-hybridized carbons (Fsp3) is 0.600. The van der Waals surface area contributed by atoms with Crippen molar-refractivity contribution in [3.63, 3.8) is 0 Å². The molecular weight excluding hydrogens is 306 g/mol. The van der Waals surface area contributed by atoms with E-state index in [0.29, 0.717) is 0 Å². The lowest BCUT2D eigenvalue weighted by atomic mass is 9.97. The summed E-state index contributed by atoms with van der Waals surface area (Å²) in [6.45, 7) is 1.18. The number of halogens is 1. The summed E-state index contributed by atoms with van der Waals surface area (Å²) in [5, 5.41) is 3.68. The van der Waals surface area contributed by atoms with Crippen molar-refractivity contribution in [2.45, 2.75) is 31.7 Å². The van der Waals surface area contributed by atoms with Crippen LogP contribution in [0.3, 0.4) is 0 Å². The molecule has 1 aliphatic rings. The van der Waals surface area contributed by atoms with E-state index in [2.05, 4.69) is 51.8 Å². The molecule has 0 bridgehead atoms. The van der Waals surface area contributed by atoms with Crippen LogP contribution < -0.4 is 5.32 Å². The lowest BCUT2D eigenvalue weighted by Gasteiger charge is -2.17. The Morgan fingerprint density at radius 3 is 2.94 bits per heavy atom. The van der Waals surface area contributed by atoms with E-state index in [0.717, 1.165) is 12.0 Å². The monoisotopic (exact) mass is 327 g/mol. The minimum Gasteiger partial charge on any atom is -0.314 e. The van der Waals surface area contributed by atoms with Gasteiger partial charge in [0.25, 0.3) is 0 Å². The standard InChI is InChI=1S/C15H22BrNS/c1-18-8-7-13(11-17-15-5-6-15)9-12-3-2-4-14(16)10-12/h2-4,10,13,15,17H,5-9,11H2,1H3. The van der Waals surface area contributed by atoms with Crippen LogP contribution in [0.5, 0.6) is 0 Å². The molecule has 0 saturated heterocycles. The maximum Gasteiger partial charge on any atom is 0.0177 e. The van der Waals surface area contributed by atoms with Crippen molar-refractivity contribution in [3.8, 4) is 0 Å². The molecule has 2 rings (SSSR count). The van der Waals surface area contributed by atoms with E-state index < -0.39 is 0 Å². The van der Waals surface area contributed by atoms with E-state index in [1.165, 1.54) is 48.0 Å². The maximum absolute atomic E-state index is 3.68. The Hall–Kier alpha value is 0.01000. The van der Waals surface area contributed by atoms with Gasteiger partial charge in [-0.1, -0.05) is 28.1 Å². The maximum atomic E-state index is 3.68. The largest absolute Gasteiger partial charge is 0.314 e. The fourth-order valence-electron chi connectivity index (χ4n) is 2.18. The van der Waals surface area contributed by atoms with Gasteiger partial charge in [0, 0.05) is 10.5 Å². The molecule has 1 fully saturated rings. The third-order valence-electron chi connectivity index (χ3n) is 3.42. The highest BCUT2D eigenvalue weighted by molar-refractivity contribution is 9.10. The van der Waals surface area contributed by atoms with E-state index in [1.807, 2.05) is 11.8 Å². The van der Waals surface area contributed by atoms with Crippen molar-refractivity contribution in [2.24, 2.45) is 5.92 Å². The third kappa shape index (κ3) is 5.33. The molecule has 100 valence electrons. The minimum atomic E-state index is 0.771. The number of hydrogen-bond acceptors (Lipinski definition) is 2. The van der Waals surface area contributed by atoms with Crippen LogP contribution >= 0.6 is 27.7 Å². The fourth-order valence-corrected chi connectivity index (χ4v) is 3.19. The molecule has 0 spiro atoms. The molecule has 1 N–H and O–H groups in total. The molecule has 0 amide bonds. The summed E-state index contributed by atoms with van der Waals surface area (Å²) in [7, 11) is 0. The van der Waals surface area contributed by atoms with Crippen molar-refractivity contribution in [2.75, 3.05) is 18.6 Å². The molecule has 1 aliphatic carbocycles. The van der Waals surface area contributed by atoms with Gasteiger partial charge in [0.2, 0.25) is 0 Å². The van der Waals surface area contributed by atoms with Gasteiger partial charge in [0.05, 0.1) is 0 Å². The summed E-state index contributed by atoms with van der Waals surface area (Å²) in [5.41, 5.74) is 1.45. The first-order valence-corrected chi connectivity index (χ1v) is 8.93. The SMILES string of the molecule is CSCCC(CNC1CC1)Cc1cccc(Br)c1. The highest BCUT2D eigenvalue weighted by atomic mass is 79.9. The average molecular weight is 328 g/mol. The first-order chi connectivity index (χ1) is 8.78. The Morgan fingerprint density at radius 1 is 1.44 bits per heavy atom. The number of nitrogens with one attached hydrogen (secondary N) is 1. The third-order valence-corrected chi connectivity index (χ3v) is 4.55. The zero-order valence-electron chi connectivity index (χ0n) is 11.0. The van der Waals surface area contributed by atoms with E-state index in [1.54, 1.807) is 0 Å². The molecule has 0 aliphatic heterocycles. The Labute approximate surface area is 123 Å². The van der Waals surface area contributed by atoms with Gasteiger partial charge in [-0.2, -0.15) is 11.8 Å². The normalized spacial score (nSPS) is 16.8. The summed E-state index contributed by atoms with van der Waals surface area (Å²) in [6.07, 6.45) is 7.47. The van der Waals surface area contributed by atoms with Crippen molar-refractivity contribution in [1.82, 2.24) is 5.32 Å². The molecule has 18 heavy (non-hydrogen) atoms. The first-order valence-electron chi connectivity index (χ1n) is 6.74. The van der Waals surface area contributed by atoms with E-state index in [4.69, 9.17) is 0 Å². The zero-order chi connectivity index (χ0) is 12.8. The highest BCUT2D eigenvalue weighted by Gasteiger charge is 2.21. The molecule has 1 nitrogen and oxygen atoms in total. The predicted molar refractivity (Wildman–Crippen MR) is 85.4 cm³/mol. The van der Waals surface area contributed by atoms with E-state index >= 15 is 0 Å². The number of thioether (sulfide) groups is 1. The lowest BCUT2D eigenvalue weighted by Crippen LogP contribution is -2.26. The minimum absolute atomic E-state index is 0.771. The van der Waals surface area contributed by atoms with Crippen LogP contribution in [0.1, 0.15) is 24.8 Å². The summed E-state index contributed by atoms with van der Waals surface area (Å²) < 4.78 is 1.19. The topological polar surface area (TPSA) is 12.0 Å². The van der Waals surface area contributed by atoms with Crippen LogP contribution in [0, 0.1) is 5.92 Å². The molecule has 1 aromatic rings. The molecule has 1 aromatic carbocycles. The van der Waals surface area contributed by atoms with Crippen LogP contribution in [-0.2, 0) is 6.42 Å². The van der Waals surface area contributed by atoms with Crippen LogP contribution in [0.15, 0.2) is 28.7 Å². The predicted octanol–water partition coefficient (Wildman–Crippen LogP) is 4.11. The number of benzene rings is 1. The molecular formula is C15H22BrNS. The molecule has 3 heteroatoms. The van der Waals surface area contributed by atoms with Gasteiger partial charge in [0.1, 0.15) is 0 Å². The van der Waals surface area contributed by atoms with Gasteiger partial charge >= 0.3 is 0 Å². The van der Waals surface area contributed by atoms with E-state index in [9.17, 15) is 0 Å². The second-order valence-corrected chi connectivity index (χ2v) is 7.07. The molecule has 1 atom stereocenters. The van der Waals surface area contributed by atoms with Crippen LogP contribution in [0.25, 0.3) is 0 Å². The summed E-state index contributed by atoms with van der Waals surface area (Å²) in [4.78, 5) is 0. The van der Waals surface area contributed by atoms with Gasteiger partial charge in [-0.3, -0.25) is 0 Å². The Morgan fingerprint density at radius 2 is 2.28 bits per heavy atom. The number of rotatable bonds is 8. The van der Waals surface area contributed by atoms with Crippen molar-refractivity contribution >= 4 is 27.7 Å². The summed E-state index contributed by atoms with van der Waals surface area (Å²) >= 11 is 5.51. The smallest absolute Gasteiger partial charge is 0.0177 e. The van der Waals surface area contributed by atoms with Crippen molar-refractivity contribution < 1.29 is 0 Å². The Balaban J connectivity index is 1.85. The molecule has 1 unspecified atom stereocenters. The van der Waals surface area contributed by atoms with Gasteiger partial charge in [0.15, 0.2) is 0 Å². The van der Waals surface area contributed by atoms with Gasteiger partial charge in [-0.25, -0.2) is 0 Å². The lowest BCUT2D eigenvalue weighted by molar-refractivity contribution is 0.461. The molecule has 1 saturated carbocycles. The van der Waals surface area contributed by atoms with Crippen molar-refractivity contribution in [3.05, 3.63) is 34.3 Å². The Bertz CT molecular complexity index is 365. The second kappa shape index (κ2) is 7.56. The second-order valence-electron chi connectivity index (χ2n) is 5.16. The van der Waals surface area contributed by atoms with Gasteiger partial charge in [-0.05, 0) is 67.9 Å². The van der Waals surface area contributed by atoms with E-state index in [-0.39, 0.29) is 0 Å². The van der Waals surface area contributed by atoms with Crippen LogP contribution in [-0.4, -0.2) is 24.6 Å². The van der Waals surface area contributed by atoms with Crippen LogP contribution in [0.2, 0.25) is 0 Å². The van der Waals surface area contributed by atoms with Crippen LogP contribution in [0.4, 0.5) is 0 Å². The molecule has 0 aromatic heterocycles. The molecule has 0 radical (unpaired) electrons. The average Bonchev–Trinajstić information content (AvgIpc) is 3.17. The van der Waals surface area contributed by atoms with Gasteiger partial charge < -0.3 is 5.32 Å². The van der Waals surface area contributed by atoms with Crippen molar-refractivity contribution in [1.29, 1.82) is 0 Å². The quantitative estimate of drug-likeness (QED) is 0.771. The Kier molecular flexibility index (Phi) is 6.06. The van der Waals surface area contributed by atoms with Gasteiger partial charge in [-0.15, -0.1) is 0 Å².